The topological polar surface area (TPSA) is 79.1 Å². The molecule has 0 aliphatic carbocycles. The smallest absolute Gasteiger partial charge is 0.292 e. The van der Waals surface area contributed by atoms with Gasteiger partial charge in [-0.25, -0.2) is 0 Å². The summed E-state index contributed by atoms with van der Waals surface area (Å²) in [6.07, 6.45) is -0.526. The van der Waals surface area contributed by atoms with Crippen molar-refractivity contribution >= 4 is 11.4 Å². The summed E-state index contributed by atoms with van der Waals surface area (Å²) in [4.78, 5) is 15.0. The quantitative estimate of drug-likeness (QED) is 0.631. The molecule has 1 aliphatic rings. The highest BCUT2D eigenvalue weighted by Crippen LogP contribution is 2.28. The molecule has 0 spiro atoms. The number of aliphatic hydroxyl groups excluding tert-OH is 1. The number of piperazine rings is 1. The fraction of sp³-hybridized carbons (Fsp3) is 0.647. The van der Waals surface area contributed by atoms with E-state index in [0.29, 0.717) is 31.9 Å². The summed E-state index contributed by atoms with van der Waals surface area (Å²) in [5, 5.41) is 21.2. The molecular weight excluding hydrogens is 310 g/mol. The van der Waals surface area contributed by atoms with Crippen molar-refractivity contribution in [3.05, 3.63) is 34.4 Å². The second-order valence-electron chi connectivity index (χ2n) is 7.11. The minimum Gasteiger partial charge on any atom is -0.389 e. The molecule has 1 saturated heterocycles. The standard InChI is InChI=1S/C17H27N3O4/c1-17(2,3)24-13-14(21)12-18-8-10-19(11-9-18)15-6-4-5-7-16(15)20(22)23/h4-7,14,21H,8-13H2,1-3H3. The maximum Gasteiger partial charge on any atom is 0.292 e. The Kier molecular flexibility index (Phi) is 6.15. The molecule has 1 aliphatic heterocycles. The van der Waals surface area contributed by atoms with E-state index < -0.39 is 6.10 Å². The molecule has 1 N–H and O–H groups in total. The summed E-state index contributed by atoms with van der Waals surface area (Å²) in [5.74, 6) is 0. The normalized spacial score (nSPS) is 17.8. The second-order valence-corrected chi connectivity index (χ2v) is 7.11. The third-order valence-corrected chi connectivity index (χ3v) is 3.97. The Morgan fingerprint density at radius 3 is 2.46 bits per heavy atom. The Labute approximate surface area is 143 Å². The molecule has 1 heterocycles. The molecule has 1 aromatic rings. The van der Waals surface area contributed by atoms with Gasteiger partial charge in [0.25, 0.3) is 5.69 Å². The third-order valence-electron chi connectivity index (χ3n) is 3.97. The van der Waals surface area contributed by atoms with Crippen LogP contribution in [0, 0.1) is 10.1 Å². The van der Waals surface area contributed by atoms with E-state index in [1.165, 1.54) is 6.07 Å². The Balaban J connectivity index is 1.85. The van der Waals surface area contributed by atoms with Gasteiger partial charge in [0.05, 0.1) is 23.2 Å². The van der Waals surface area contributed by atoms with E-state index in [1.807, 2.05) is 31.7 Å². The van der Waals surface area contributed by atoms with Gasteiger partial charge in [0, 0.05) is 38.8 Å². The molecule has 0 radical (unpaired) electrons. The van der Waals surface area contributed by atoms with Gasteiger partial charge < -0.3 is 14.7 Å². The van der Waals surface area contributed by atoms with Gasteiger partial charge in [0.15, 0.2) is 0 Å². The number of hydrogen-bond acceptors (Lipinski definition) is 6. The summed E-state index contributed by atoms with van der Waals surface area (Å²) >= 11 is 0. The average molecular weight is 337 g/mol. The first-order valence-corrected chi connectivity index (χ1v) is 8.29. The van der Waals surface area contributed by atoms with Crippen LogP contribution in [0.2, 0.25) is 0 Å². The molecule has 7 nitrogen and oxygen atoms in total. The molecule has 7 heteroatoms. The summed E-state index contributed by atoms with van der Waals surface area (Å²) in [6, 6.07) is 6.83. The van der Waals surface area contributed by atoms with Gasteiger partial charge in [-0.3, -0.25) is 15.0 Å². The Morgan fingerprint density at radius 1 is 1.25 bits per heavy atom. The van der Waals surface area contributed by atoms with Crippen molar-refractivity contribution in [3.63, 3.8) is 0 Å². The van der Waals surface area contributed by atoms with Crippen LogP contribution in [-0.2, 0) is 4.74 Å². The van der Waals surface area contributed by atoms with Gasteiger partial charge in [-0.2, -0.15) is 0 Å². The average Bonchev–Trinajstić information content (AvgIpc) is 2.53. The molecule has 1 atom stereocenters. The predicted octanol–water partition coefficient (Wildman–Crippen LogP) is 1.89. The SMILES string of the molecule is CC(C)(C)OCC(O)CN1CCN(c2ccccc2[N+](=O)[O-])CC1. The van der Waals surface area contributed by atoms with Crippen molar-refractivity contribution in [2.75, 3.05) is 44.2 Å². The van der Waals surface area contributed by atoms with Crippen molar-refractivity contribution in [2.24, 2.45) is 0 Å². The van der Waals surface area contributed by atoms with Crippen LogP contribution in [0.5, 0.6) is 0 Å². The molecule has 2 rings (SSSR count). The highest BCUT2D eigenvalue weighted by molar-refractivity contribution is 5.63. The molecule has 0 saturated carbocycles. The van der Waals surface area contributed by atoms with Crippen LogP contribution in [0.15, 0.2) is 24.3 Å². The monoisotopic (exact) mass is 337 g/mol. The molecule has 0 amide bonds. The first-order chi connectivity index (χ1) is 11.3. The first kappa shape index (κ1) is 18.6. The number of β-amino-alcohol motifs (C(OH)–C–C–N with tert-alkyl or cyclic N) is 1. The lowest BCUT2D eigenvalue weighted by molar-refractivity contribution is -0.384. The van der Waals surface area contributed by atoms with Crippen LogP contribution in [0.1, 0.15) is 20.8 Å². The summed E-state index contributed by atoms with van der Waals surface area (Å²) in [7, 11) is 0. The molecule has 24 heavy (non-hydrogen) atoms. The van der Waals surface area contributed by atoms with Gasteiger partial charge in [-0.15, -0.1) is 0 Å². The number of rotatable bonds is 6. The number of benzene rings is 1. The lowest BCUT2D eigenvalue weighted by atomic mass is 10.2. The van der Waals surface area contributed by atoms with Gasteiger partial charge in [0.2, 0.25) is 0 Å². The summed E-state index contributed by atoms with van der Waals surface area (Å²) < 4.78 is 5.60. The Hall–Kier alpha value is -1.70. The molecule has 0 bridgehead atoms. The summed E-state index contributed by atoms with van der Waals surface area (Å²) in [5.41, 5.74) is 0.551. The number of anilines is 1. The highest BCUT2D eigenvalue weighted by Gasteiger charge is 2.24. The predicted molar refractivity (Wildman–Crippen MR) is 93.5 cm³/mol. The van der Waals surface area contributed by atoms with Crippen molar-refractivity contribution in [1.82, 2.24) is 4.90 Å². The van der Waals surface area contributed by atoms with Crippen LogP contribution < -0.4 is 4.90 Å². The van der Waals surface area contributed by atoms with Crippen molar-refractivity contribution < 1.29 is 14.8 Å². The highest BCUT2D eigenvalue weighted by atomic mass is 16.6. The van der Waals surface area contributed by atoms with E-state index in [0.717, 1.165) is 13.1 Å². The number of ether oxygens (including phenoxy) is 1. The fourth-order valence-corrected chi connectivity index (χ4v) is 2.75. The number of nitro groups is 1. The summed E-state index contributed by atoms with van der Waals surface area (Å²) in [6.45, 7) is 9.70. The van der Waals surface area contributed by atoms with Crippen LogP contribution in [0.25, 0.3) is 0 Å². The first-order valence-electron chi connectivity index (χ1n) is 8.29. The maximum atomic E-state index is 11.1. The third kappa shape index (κ3) is 5.43. The minimum atomic E-state index is -0.526. The maximum absolute atomic E-state index is 11.1. The van der Waals surface area contributed by atoms with E-state index >= 15 is 0 Å². The Morgan fingerprint density at radius 2 is 1.88 bits per heavy atom. The lowest BCUT2D eigenvalue weighted by Gasteiger charge is -2.36. The van der Waals surface area contributed by atoms with Crippen molar-refractivity contribution in [3.8, 4) is 0 Å². The van der Waals surface area contributed by atoms with Crippen LogP contribution >= 0.6 is 0 Å². The van der Waals surface area contributed by atoms with Gasteiger partial charge in [-0.1, -0.05) is 12.1 Å². The molecule has 0 aromatic heterocycles. The van der Waals surface area contributed by atoms with Crippen LogP contribution in [0.4, 0.5) is 11.4 Å². The number of nitrogens with zero attached hydrogens (tertiary/aromatic N) is 3. The van der Waals surface area contributed by atoms with Gasteiger partial charge in [0.1, 0.15) is 5.69 Å². The van der Waals surface area contributed by atoms with E-state index in [1.54, 1.807) is 12.1 Å². The van der Waals surface area contributed by atoms with Crippen molar-refractivity contribution in [2.45, 2.75) is 32.5 Å². The van der Waals surface area contributed by atoms with E-state index in [4.69, 9.17) is 4.74 Å². The molecule has 1 unspecified atom stereocenters. The zero-order valence-corrected chi connectivity index (χ0v) is 14.6. The Bertz CT molecular complexity index is 551. The lowest BCUT2D eigenvalue weighted by Crippen LogP contribution is -2.49. The van der Waals surface area contributed by atoms with Gasteiger partial charge in [-0.05, 0) is 26.8 Å². The van der Waals surface area contributed by atoms with Crippen molar-refractivity contribution in [1.29, 1.82) is 0 Å². The van der Waals surface area contributed by atoms with E-state index in [9.17, 15) is 15.2 Å². The molecular formula is C17H27N3O4. The van der Waals surface area contributed by atoms with E-state index in [2.05, 4.69) is 4.90 Å². The molecule has 1 fully saturated rings. The number of hydrogen-bond donors (Lipinski definition) is 1. The second kappa shape index (κ2) is 7.92. The minimum absolute atomic E-state index is 0.143. The molecule has 1 aromatic carbocycles. The number of nitro benzene ring substituents is 1. The molecule has 134 valence electrons. The zero-order chi connectivity index (χ0) is 17.7. The number of aliphatic hydroxyl groups is 1. The van der Waals surface area contributed by atoms with Crippen LogP contribution in [0.3, 0.4) is 0 Å². The van der Waals surface area contributed by atoms with E-state index in [-0.39, 0.29) is 16.2 Å². The largest absolute Gasteiger partial charge is 0.389 e. The fourth-order valence-electron chi connectivity index (χ4n) is 2.75. The van der Waals surface area contributed by atoms with Crippen LogP contribution in [-0.4, -0.2) is 66.0 Å². The van der Waals surface area contributed by atoms with Gasteiger partial charge >= 0.3 is 0 Å². The zero-order valence-electron chi connectivity index (χ0n) is 14.6. The number of para-hydroxylation sites is 2.